The van der Waals surface area contributed by atoms with Crippen molar-refractivity contribution in [3.05, 3.63) is 35.4 Å². The Morgan fingerprint density at radius 3 is 2.88 bits per heavy atom. The van der Waals surface area contributed by atoms with Crippen molar-refractivity contribution in [3.63, 3.8) is 0 Å². The smallest absolute Gasteiger partial charge is 0.224 e. The van der Waals surface area contributed by atoms with E-state index in [9.17, 15) is 4.79 Å². The van der Waals surface area contributed by atoms with E-state index < -0.39 is 0 Å². The van der Waals surface area contributed by atoms with Gasteiger partial charge in [-0.2, -0.15) is 0 Å². The monoisotopic (exact) mass is 235 g/mol. The van der Waals surface area contributed by atoms with Gasteiger partial charge in [0.15, 0.2) is 0 Å². The maximum absolute atomic E-state index is 11.6. The second kappa shape index (κ2) is 7.07. The highest BCUT2D eigenvalue weighted by Crippen LogP contribution is 2.04. The van der Waals surface area contributed by atoms with Crippen LogP contribution in [0.25, 0.3) is 0 Å². The average molecular weight is 235 g/mol. The van der Waals surface area contributed by atoms with Gasteiger partial charge in [-0.15, -0.1) is 0 Å². The van der Waals surface area contributed by atoms with E-state index in [0.717, 1.165) is 18.4 Å². The van der Waals surface area contributed by atoms with Gasteiger partial charge in [-0.05, 0) is 32.3 Å². The van der Waals surface area contributed by atoms with E-state index >= 15 is 0 Å². The van der Waals surface area contributed by atoms with E-state index in [0.29, 0.717) is 13.0 Å². The number of hydrogen-bond acceptors (Lipinski definition) is 2. The van der Waals surface area contributed by atoms with E-state index in [-0.39, 0.29) is 12.0 Å². The van der Waals surface area contributed by atoms with Gasteiger partial charge in [0.05, 0.1) is 12.5 Å². The minimum atomic E-state index is -0.288. The van der Waals surface area contributed by atoms with Crippen molar-refractivity contribution in [1.29, 1.82) is 0 Å². The summed E-state index contributed by atoms with van der Waals surface area (Å²) in [6, 6.07) is 7.97. The van der Waals surface area contributed by atoms with Crippen molar-refractivity contribution < 1.29 is 9.90 Å². The zero-order valence-electron chi connectivity index (χ0n) is 10.6. The number of hydrogen-bond donors (Lipinski definition) is 2. The summed E-state index contributed by atoms with van der Waals surface area (Å²) in [6.45, 7) is 4.41. The van der Waals surface area contributed by atoms with Crippen LogP contribution in [0.5, 0.6) is 0 Å². The minimum absolute atomic E-state index is 0.0428. The van der Waals surface area contributed by atoms with Gasteiger partial charge in [-0.1, -0.05) is 29.8 Å². The van der Waals surface area contributed by atoms with Crippen LogP contribution in [0.15, 0.2) is 24.3 Å². The molecule has 0 aromatic heterocycles. The second-order valence-electron chi connectivity index (χ2n) is 4.51. The van der Waals surface area contributed by atoms with Crippen LogP contribution >= 0.6 is 0 Å². The summed E-state index contributed by atoms with van der Waals surface area (Å²) in [5, 5.41) is 11.9. The van der Waals surface area contributed by atoms with Crippen molar-refractivity contribution in [1.82, 2.24) is 5.32 Å². The van der Waals surface area contributed by atoms with Gasteiger partial charge in [0.2, 0.25) is 5.91 Å². The molecule has 0 saturated carbocycles. The fraction of sp³-hybridized carbons (Fsp3) is 0.500. The lowest BCUT2D eigenvalue weighted by Crippen LogP contribution is -2.26. The number of benzene rings is 1. The zero-order chi connectivity index (χ0) is 12.7. The molecule has 0 radical (unpaired) electrons. The summed E-state index contributed by atoms with van der Waals surface area (Å²) in [5.41, 5.74) is 2.21. The van der Waals surface area contributed by atoms with E-state index in [1.807, 2.05) is 31.2 Å². The third-order valence-electron chi connectivity index (χ3n) is 2.57. The largest absolute Gasteiger partial charge is 0.393 e. The first kappa shape index (κ1) is 13.7. The molecule has 0 bridgehead atoms. The molecule has 2 N–H and O–H groups in total. The molecule has 0 aliphatic carbocycles. The highest BCUT2D eigenvalue weighted by Gasteiger charge is 2.03. The normalized spacial score (nSPS) is 12.2. The lowest BCUT2D eigenvalue weighted by molar-refractivity contribution is -0.120. The predicted octanol–water partition coefficient (Wildman–Crippen LogP) is 1.81. The molecule has 0 aliphatic heterocycles. The van der Waals surface area contributed by atoms with Crippen molar-refractivity contribution >= 4 is 5.91 Å². The van der Waals surface area contributed by atoms with E-state index in [2.05, 4.69) is 5.32 Å². The lowest BCUT2D eigenvalue weighted by Gasteiger charge is -2.07. The lowest BCUT2D eigenvalue weighted by atomic mass is 10.1. The van der Waals surface area contributed by atoms with Crippen molar-refractivity contribution in [3.8, 4) is 0 Å². The molecular weight excluding hydrogens is 214 g/mol. The predicted molar refractivity (Wildman–Crippen MR) is 68.8 cm³/mol. The summed E-state index contributed by atoms with van der Waals surface area (Å²) < 4.78 is 0. The van der Waals surface area contributed by atoms with Crippen molar-refractivity contribution in [2.45, 2.75) is 39.2 Å². The van der Waals surface area contributed by atoms with Gasteiger partial charge in [0, 0.05) is 6.54 Å². The third-order valence-corrected chi connectivity index (χ3v) is 2.57. The first-order chi connectivity index (χ1) is 8.08. The first-order valence-electron chi connectivity index (χ1n) is 6.08. The summed E-state index contributed by atoms with van der Waals surface area (Å²) in [6.07, 6.45) is 1.68. The van der Waals surface area contributed by atoms with Gasteiger partial charge in [-0.25, -0.2) is 0 Å². The topological polar surface area (TPSA) is 49.3 Å². The maximum atomic E-state index is 11.6. The molecule has 0 heterocycles. The Labute approximate surface area is 103 Å². The van der Waals surface area contributed by atoms with Crippen LogP contribution in [0.1, 0.15) is 30.9 Å². The number of aliphatic hydroxyl groups is 1. The van der Waals surface area contributed by atoms with Crippen molar-refractivity contribution in [2.75, 3.05) is 6.54 Å². The van der Waals surface area contributed by atoms with Gasteiger partial charge >= 0.3 is 0 Å². The Kier molecular flexibility index (Phi) is 5.70. The van der Waals surface area contributed by atoms with Crippen molar-refractivity contribution in [2.24, 2.45) is 0 Å². The molecule has 1 amide bonds. The number of nitrogens with one attached hydrogen (secondary N) is 1. The number of carbonyl (C=O) groups is 1. The van der Waals surface area contributed by atoms with Crippen LogP contribution < -0.4 is 5.32 Å². The molecule has 0 saturated heterocycles. The molecule has 1 rings (SSSR count). The molecule has 0 aliphatic rings. The Morgan fingerprint density at radius 2 is 2.24 bits per heavy atom. The van der Waals surface area contributed by atoms with Gasteiger partial charge in [0.25, 0.3) is 0 Å². The van der Waals surface area contributed by atoms with Crippen LogP contribution in [0, 0.1) is 6.92 Å². The van der Waals surface area contributed by atoms with E-state index in [4.69, 9.17) is 5.11 Å². The molecule has 94 valence electrons. The quantitative estimate of drug-likeness (QED) is 0.739. The number of amides is 1. The molecule has 3 nitrogen and oxygen atoms in total. The molecule has 17 heavy (non-hydrogen) atoms. The highest BCUT2D eigenvalue weighted by molar-refractivity contribution is 5.78. The molecular formula is C14H21NO2. The number of aryl methyl sites for hydroxylation is 1. The highest BCUT2D eigenvalue weighted by atomic mass is 16.3. The Balaban J connectivity index is 2.25. The number of rotatable bonds is 6. The van der Waals surface area contributed by atoms with Crippen LogP contribution in [0.3, 0.4) is 0 Å². The second-order valence-corrected chi connectivity index (χ2v) is 4.51. The SMILES string of the molecule is Cc1cccc(CC(=O)NCCCC(C)O)c1. The summed E-state index contributed by atoms with van der Waals surface area (Å²) in [7, 11) is 0. The number of carbonyl (C=O) groups excluding carboxylic acids is 1. The standard InChI is InChI=1S/C14H21NO2/c1-11-5-3-7-13(9-11)10-14(17)15-8-4-6-12(2)16/h3,5,7,9,12,16H,4,6,8,10H2,1-2H3,(H,15,17). The van der Waals surface area contributed by atoms with Gasteiger partial charge in [-0.3, -0.25) is 4.79 Å². The summed E-state index contributed by atoms with van der Waals surface area (Å²) >= 11 is 0. The molecule has 1 aromatic carbocycles. The fourth-order valence-corrected chi connectivity index (χ4v) is 1.70. The van der Waals surface area contributed by atoms with Gasteiger partial charge < -0.3 is 10.4 Å². The molecule has 1 aromatic rings. The Morgan fingerprint density at radius 1 is 1.47 bits per heavy atom. The van der Waals surface area contributed by atoms with Gasteiger partial charge in [0.1, 0.15) is 0 Å². The Hall–Kier alpha value is -1.35. The summed E-state index contributed by atoms with van der Waals surface area (Å²) in [4.78, 5) is 11.6. The van der Waals surface area contributed by atoms with Crippen LogP contribution in [-0.2, 0) is 11.2 Å². The van der Waals surface area contributed by atoms with E-state index in [1.165, 1.54) is 5.56 Å². The van der Waals surface area contributed by atoms with Crippen LogP contribution in [0.4, 0.5) is 0 Å². The number of aliphatic hydroxyl groups excluding tert-OH is 1. The minimum Gasteiger partial charge on any atom is -0.393 e. The molecule has 1 atom stereocenters. The first-order valence-corrected chi connectivity index (χ1v) is 6.08. The molecule has 3 heteroatoms. The van der Waals surface area contributed by atoms with Crippen LogP contribution in [-0.4, -0.2) is 23.7 Å². The maximum Gasteiger partial charge on any atom is 0.224 e. The summed E-state index contributed by atoms with van der Waals surface area (Å²) in [5.74, 6) is 0.0428. The zero-order valence-corrected chi connectivity index (χ0v) is 10.6. The fourth-order valence-electron chi connectivity index (χ4n) is 1.70. The van der Waals surface area contributed by atoms with Crippen LogP contribution in [0.2, 0.25) is 0 Å². The van der Waals surface area contributed by atoms with E-state index in [1.54, 1.807) is 6.92 Å². The molecule has 1 unspecified atom stereocenters. The molecule has 0 fully saturated rings. The molecule has 0 spiro atoms. The Bertz CT molecular complexity index is 361. The third kappa shape index (κ3) is 6.07. The average Bonchev–Trinajstić information content (AvgIpc) is 2.24.